The highest BCUT2D eigenvalue weighted by molar-refractivity contribution is 7.89. The summed E-state index contributed by atoms with van der Waals surface area (Å²) in [6.45, 7) is 2.77. The number of nitriles is 1. The topological polar surface area (TPSA) is 70.0 Å². The second-order valence-electron chi connectivity index (χ2n) is 6.72. The van der Waals surface area contributed by atoms with Gasteiger partial charge < -0.3 is 0 Å². The van der Waals surface area contributed by atoms with Crippen LogP contribution in [0.4, 0.5) is 0 Å². The molecule has 0 heterocycles. The molecule has 0 aliphatic heterocycles. The Kier molecular flexibility index (Phi) is 16.8. The first kappa shape index (κ1) is 23.4. The van der Waals surface area contributed by atoms with Crippen LogP contribution in [0.2, 0.25) is 0 Å². The molecule has 0 saturated heterocycles. The number of nitrogens with zero attached hydrogens (tertiary/aromatic N) is 1. The van der Waals surface area contributed by atoms with Crippen LogP contribution in [0.1, 0.15) is 103 Å². The van der Waals surface area contributed by atoms with Crippen molar-refractivity contribution in [3.05, 3.63) is 0 Å². The van der Waals surface area contributed by atoms with Crippen molar-refractivity contribution in [3.63, 3.8) is 0 Å². The summed E-state index contributed by atoms with van der Waals surface area (Å²) in [5.74, 6) is 0.280. The van der Waals surface area contributed by atoms with E-state index < -0.39 is 10.0 Å². The minimum absolute atomic E-state index is 0.280. The Bertz CT molecular complexity index is 402. The third kappa shape index (κ3) is 17.7. The minimum Gasteiger partial charge on any atom is -0.215 e. The summed E-state index contributed by atoms with van der Waals surface area (Å²) < 4.78 is 26.4. The lowest BCUT2D eigenvalue weighted by atomic mass is 10.1. The van der Waals surface area contributed by atoms with Crippen molar-refractivity contribution in [1.82, 2.24) is 4.72 Å². The van der Waals surface area contributed by atoms with E-state index >= 15 is 0 Å². The van der Waals surface area contributed by atoms with Crippen molar-refractivity contribution >= 4 is 10.0 Å². The summed E-state index contributed by atoms with van der Waals surface area (Å²) >= 11 is 0. The van der Waals surface area contributed by atoms with Gasteiger partial charge in [-0.15, -0.1) is 0 Å². The molecule has 0 atom stereocenters. The SMILES string of the molecule is CCCCCCCCS(=O)(=O)NCCCCCCCCCCC#N. The maximum Gasteiger partial charge on any atom is 0.211 e. The molecule has 0 rings (SSSR count). The molecule has 0 bridgehead atoms. The zero-order chi connectivity index (χ0) is 17.9. The summed E-state index contributed by atoms with van der Waals surface area (Å²) in [5.41, 5.74) is 0. The van der Waals surface area contributed by atoms with Crippen LogP contribution < -0.4 is 4.72 Å². The zero-order valence-corrected chi connectivity index (χ0v) is 16.5. The van der Waals surface area contributed by atoms with Crippen LogP contribution in [0.5, 0.6) is 0 Å². The monoisotopic (exact) mass is 358 g/mol. The first-order valence-corrected chi connectivity index (χ1v) is 11.6. The molecule has 0 aromatic heterocycles. The van der Waals surface area contributed by atoms with Gasteiger partial charge in [-0.05, 0) is 19.3 Å². The van der Waals surface area contributed by atoms with Crippen molar-refractivity contribution < 1.29 is 8.42 Å². The average molecular weight is 359 g/mol. The molecule has 5 heteroatoms. The smallest absolute Gasteiger partial charge is 0.211 e. The van der Waals surface area contributed by atoms with Crippen LogP contribution in [0.25, 0.3) is 0 Å². The van der Waals surface area contributed by atoms with E-state index in [9.17, 15) is 8.42 Å². The van der Waals surface area contributed by atoms with E-state index in [1.807, 2.05) is 0 Å². The lowest BCUT2D eigenvalue weighted by Gasteiger charge is -2.07. The van der Waals surface area contributed by atoms with Gasteiger partial charge in [0.1, 0.15) is 0 Å². The standard InChI is InChI=1S/C19H38N2O2S/c1-2-3-4-5-13-16-19-24(22,23)21-18-15-12-10-8-6-7-9-11-14-17-20/h21H,2-16,18-19H2,1H3. The molecule has 0 aliphatic rings. The van der Waals surface area contributed by atoms with Crippen LogP contribution in [0, 0.1) is 11.3 Å². The fourth-order valence-electron chi connectivity index (χ4n) is 2.76. The molecule has 24 heavy (non-hydrogen) atoms. The van der Waals surface area contributed by atoms with Crippen LogP contribution in [0.15, 0.2) is 0 Å². The van der Waals surface area contributed by atoms with E-state index in [0.29, 0.717) is 13.0 Å². The third-order valence-corrected chi connectivity index (χ3v) is 5.77. The average Bonchev–Trinajstić information content (AvgIpc) is 2.56. The molecular weight excluding hydrogens is 320 g/mol. The molecule has 0 aromatic carbocycles. The number of unbranched alkanes of at least 4 members (excludes halogenated alkanes) is 13. The molecule has 0 fully saturated rings. The van der Waals surface area contributed by atoms with E-state index in [1.54, 1.807) is 0 Å². The molecule has 0 saturated carbocycles. The van der Waals surface area contributed by atoms with Crippen molar-refractivity contribution in [2.45, 2.75) is 103 Å². The van der Waals surface area contributed by atoms with Crippen molar-refractivity contribution in [3.8, 4) is 6.07 Å². The Morgan fingerprint density at radius 3 is 1.83 bits per heavy atom. The summed E-state index contributed by atoms with van der Waals surface area (Å²) in [4.78, 5) is 0. The molecule has 142 valence electrons. The van der Waals surface area contributed by atoms with E-state index in [1.165, 1.54) is 44.9 Å². The predicted molar refractivity (Wildman–Crippen MR) is 102 cm³/mol. The fourth-order valence-corrected chi connectivity index (χ4v) is 3.95. The van der Waals surface area contributed by atoms with Gasteiger partial charge in [0, 0.05) is 13.0 Å². The Hall–Kier alpha value is -0.600. The third-order valence-electron chi connectivity index (χ3n) is 4.30. The molecule has 4 nitrogen and oxygen atoms in total. The lowest BCUT2D eigenvalue weighted by molar-refractivity contribution is 0.553. The number of rotatable bonds is 18. The first-order valence-electron chi connectivity index (χ1n) is 9.96. The Labute approximate surface area is 150 Å². The van der Waals surface area contributed by atoms with E-state index in [4.69, 9.17) is 5.26 Å². The highest BCUT2D eigenvalue weighted by atomic mass is 32.2. The van der Waals surface area contributed by atoms with Crippen molar-refractivity contribution in [2.24, 2.45) is 0 Å². The van der Waals surface area contributed by atoms with Gasteiger partial charge in [0.25, 0.3) is 0 Å². The Morgan fingerprint density at radius 2 is 1.25 bits per heavy atom. The minimum atomic E-state index is -3.06. The Morgan fingerprint density at radius 1 is 0.750 bits per heavy atom. The van der Waals surface area contributed by atoms with Gasteiger partial charge >= 0.3 is 0 Å². The molecule has 0 aromatic rings. The molecule has 0 unspecified atom stereocenters. The second kappa shape index (κ2) is 17.2. The van der Waals surface area contributed by atoms with Crippen LogP contribution >= 0.6 is 0 Å². The van der Waals surface area contributed by atoms with E-state index in [2.05, 4.69) is 17.7 Å². The van der Waals surface area contributed by atoms with Gasteiger partial charge in [0.05, 0.1) is 11.8 Å². The fraction of sp³-hybridized carbons (Fsp3) is 0.947. The number of hydrogen-bond donors (Lipinski definition) is 1. The van der Waals surface area contributed by atoms with Gasteiger partial charge in [-0.25, -0.2) is 13.1 Å². The van der Waals surface area contributed by atoms with E-state index in [-0.39, 0.29) is 5.75 Å². The molecule has 0 spiro atoms. The van der Waals surface area contributed by atoms with Gasteiger partial charge in [-0.2, -0.15) is 5.26 Å². The van der Waals surface area contributed by atoms with Gasteiger partial charge in [-0.1, -0.05) is 77.6 Å². The van der Waals surface area contributed by atoms with Gasteiger partial charge in [0.15, 0.2) is 0 Å². The summed E-state index contributed by atoms with van der Waals surface area (Å²) in [6.07, 6.45) is 16.4. The molecular formula is C19H38N2O2S. The van der Waals surface area contributed by atoms with Crippen molar-refractivity contribution in [1.29, 1.82) is 5.26 Å². The maximum absolute atomic E-state index is 11.8. The molecule has 0 radical (unpaired) electrons. The number of nitrogens with one attached hydrogen (secondary N) is 1. The summed E-state index contributed by atoms with van der Waals surface area (Å²) in [6, 6.07) is 2.17. The van der Waals surface area contributed by atoms with Gasteiger partial charge in [0.2, 0.25) is 10.0 Å². The number of hydrogen-bond acceptors (Lipinski definition) is 3. The predicted octanol–water partition coefficient (Wildman–Crippen LogP) is 5.30. The van der Waals surface area contributed by atoms with Gasteiger partial charge in [-0.3, -0.25) is 0 Å². The highest BCUT2D eigenvalue weighted by Crippen LogP contribution is 2.09. The largest absolute Gasteiger partial charge is 0.215 e. The van der Waals surface area contributed by atoms with Crippen LogP contribution in [-0.2, 0) is 10.0 Å². The lowest BCUT2D eigenvalue weighted by Crippen LogP contribution is -2.27. The first-order chi connectivity index (χ1) is 11.6. The van der Waals surface area contributed by atoms with E-state index in [0.717, 1.165) is 44.9 Å². The zero-order valence-electron chi connectivity index (χ0n) is 15.7. The summed E-state index contributed by atoms with van der Waals surface area (Å²) in [5, 5.41) is 8.44. The number of sulfonamides is 1. The molecule has 0 amide bonds. The van der Waals surface area contributed by atoms with Crippen molar-refractivity contribution in [2.75, 3.05) is 12.3 Å². The van der Waals surface area contributed by atoms with Crippen LogP contribution in [-0.4, -0.2) is 20.7 Å². The summed E-state index contributed by atoms with van der Waals surface area (Å²) in [7, 11) is -3.06. The highest BCUT2D eigenvalue weighted by Gasteiger charge is 2.08. The van der Waals surface area contributed by atoms with Crippen LogP contribution in [0.3, 0.4) is 0 Å². The second-order valence-corrected chi connectivity index (χ2v) is 8.64. The normalized spacial score (nSPS) is 11.5. The molecule has 1 N–H and O–H groups in total. The quantitative estimate of drug-likeness (QED) is 0.338. The Balaban J connectivity index is 3.35. The molecule has 0 aliphatic carbocycles. The maximum atomic E-state index is 11.8.